The fourth-order valence-corrected chi connectivity index (χ4v) is 1.29. The average Bonchev–Trinajstić information content (AvgIpc) is 2.35. The summed E-state index contributed by atoms with van der Waals surface area (Å²) < 4.78 is 4.80. The lowest BCUT2D eigenvalue weighted by atomic mass is 10.1. The largest absolute Gasteiger partial charge is 0.447 e. The van der Waals surface area contributed by atoms with Crippen molar-refractivity contribution in [2.45, 2.75) is 13.3 Å². The molecule has 0 aromatic heterocycles. The van der Waals surface area contributed by atoms with Crippen molar-refractivity contribution in [2.24, 2.45) is 0 Å². The van der Waals surface area contributed by atoms with Crippen LogP contribution in [0.25, 0.3) is 0 Å². The van der Waals surface area contributed by atoms with E-state index in [-0.39, 0.29) is 13.2 Å². The second-order valence-electron chi connectivity index (χ2n) is 3.42. The monoisotopic (exact) mass is 223 g/mol. The Morgan fingerprint density at radius 1 is 1.38 bits per heavy atom. The summed E-state index contributed by atoms with van der Waals surface area (Å²) in [5, 5.41) is 8.54. The van der Waals surface area contributed by atoms with Crippen LogP contribution in [0.4, 0.5) is 10.5 Å². The van der Waals surface area contributed by atoms with Gasteiger partial charge in [-0.1, -0.05) is 19.1 Å². The van der Waals surface area contributed by atoms with Crippen LogP contribution < -0.4 is 4.90 Å². The molecule has 4 heteroatoms. The first-order chi connectivity index (χ1) is 7.69. The van der Waals surface area contributed by atoms with E-state index in [1.165, 1.54) is 10.5 Å². The number of anilines is 1. The average molecular weight is 223 g/mol. The normalized spacial score (nSPS) is 9.94. The number of aliphatic hydroxyl groups is 1. The number of ether oxygens (including phenoxy) is 1. The Hall–Kier alpha value is -1.55. The van der Waals surface area contributed by atoms with Crippen LogP contribution in [0.1, 0.15) is 12.5 Å². The highest BCUT2D eigenvalue weighted by molar-refractivity contribution is 5.86. The molecule has 0 aliphatic carbocycles. The Morgan fingerprint density at radius 3 is 2.50 bits per heavy atom. The molecule has 0 bridgehead atoms. The molecule has 4 nitrogen and oxygen atoms in total. The molecule has 0 spiro atoms. The maximum absolute atomic E-state index is 11.4. The first-order valence-electron chi connectivity index (χ1n) is 5.29. The molecule has 0 aliphatic heterocycles. The van der Waals surface area contributed by atoms with Crippen LogP contribution in [0.5, 0.6) is 0 Å². The molecule has 0 fully saturated rings. The van der Waals surface area contributed by atoms with Gasteiger partial charge in [0.1, 0.15) is 6.61 Å². The van der Waals surface area contributed by atoms with Gasteiger partial charge in [-0.05, 0) is 24.1 Å². The van der Waals surface area contributed by atoms with Crippen molar-refractivity contribution in [3.05, 3.63) is 29.8 Å². The SMILES string of the molecule is CCc1ccc(N(C)C(=O)OCCO)cc1. The quantitative estimate of drug-likeness (QED) is 0.847. The summed E-state index contributed by atoms with van der Waals surface area (Å²) in [6.45, 7) is 1.94. The number of hydrogen-bond acceptors (Lipinski definition) is 3. The minimum atomic E-state index is -0.460. The van der Waals surface area contributed by atoms with Gasteiger partial charge in [0.2, 0.25) is 0 Å². The number of aryl methyl sites for hydroxylation is 1. The van der Waals surface area contributed by atoms with Crippen LogP contribution in [-0.2, 0) is 11.2 Å². The molecule has 0 heterocycles. The summed E-state index contributed by atoms with van der Waals surface area (Å²) in [5.41, 5.74) is 2.00. The Labute approximate surface area is 95.5 Å². The van der Waals surface area contributed by atoms with Gasteiger partial charge in [-0.25, -0.2) is 4.79 Å². The Bertz CT molecular complexity index is 335. The summed E-state index contributed by atoms with van der Waals surface area (Å²) >= 11 is 0. The van der Waals surface area contributed by atoms with Gasteiger partial charge in [-0.3, -0.25) is 4.90 Å². The molecule has 0 atom stereocenters. The van der Waals surface area contributed by atoms with Crippen molar-refractivity contribution in [3.8, 4) is 0 Å². The summed E-state index contributed by atoms with van der Waals surface area (Å²) in [6, 6.07) is 7.70. The van der Waals surface area contributed by atoms with Crippen LogP contribution in [0.15, 0.2) is 24.3 Å². The fraction of sp³-hybridized carbons (Fsp3) is 0.417. The second kappa shape index (κ2) is 6.12. The van der Waals surface area contributed by atoms with Crippen LogP contribution in [0.2, 0.25) is 0 Å². The molecular weight excluding hydrogens is 206 g/mol. The molecular formula is C12H17NO3. The molecule has 0 radical (unpaired) electrons. The van der Waals surface area contributed by atoms with Crippen molar-refractivity contribution < 1.29 is 14.6 Å². The molecule has 88 valence electrons. The summed E-state index contributed by atoms with van der Waals surface area (Å²) in [4.78, 5) is 12.9. The van der Waals surface area contributed by atoms with E-state index in [4.69, 9.17) is 9.84 Å². The van der Waals surface area contributed by atoms with Crippen LogP contribution in [0, 0.1) is 0 Å². The molecule has 0 saturated heterocycles. The zero-order valence-corrected chi connectivity index (χ0v) is 9.64. The van der Waals surface area contributed by atoms with Crippen molar-refractivity contribution in [1.82, 2.24) is 0 Å². The van der Waals surface area contributed by atoms with Crippen molar-refractivity contribution in [1.29, 1.82) is 0 Å². The minimum Gasteiger partial charge on any atom is -0.447 e. The number of carbonyl (C=O) groups excluding carboxylic acids is 1. The van der Waals surface area contributed by atoms with E-state index >= 15 is 0 Å². The predicted molar refractivity (Wildman–Crippen MR) is 62.7 cm³/mol. The predicted octanol–water partition coefficient (Wildman–Crippen LogP) is 1.81. The van der Waals surface area contributed by atoms with Gasteiger partial charge in [0.05, 0.1) is 6.61 Å². The lowest BCUT2D eigenvalue weighted by Gasteiger charge is -2.16. The Kier molecular flexibility index (Phi) is 4.79. The van der Waals surface area contributed by atoms with E-state index in [1.807, 2.05) is 24.3 Å². The van der Waals surface area contributed by atoms with E-state index in [9.17, 15) is 4.79 Å². The molecule has 1 N–H and O–H groups in total. The minimum absolute atomic E-state index is 0.0240. The smallest absolute Gasteiger partial charge is 0.414 e. The van der Waals surface area contributed by atoms with Crippen molar-refractivity contribution in [3.63, 3.8) is 0 Å². The van der Waals surface area contributed by atoms with Gasteiger partial charge in [0.25, 0.3) is 0 Å². The number of rotatable bonds is 4. The van der Waals surface area contributed by atoms with Crippen LogP contribution in [-0.4, -0.2) is 31.5 Å². The van der Waals surface area contributed by atoms with Gasteiger partial charge < -0.3 is 9.84 Å². The van der Waals surface area contributed by atoms with E-state index in [0.717, 1.165) is 12.1 Å². The van der Waals surface area contributed by atoms with Gasteiger partial charge in [0.15, 0.2) is 0 Å². The van der Waals surface area contributed by atoms with Crippen LogP contribution in [0.3, 0.4) is 0 Å². The van der Waals surface area contributed by atoms with Gasteiger partial charge in [0, 0.05) is 12.7 Å². The van der Waals surface area contributed by atoms with Crippen molar-refractivity contribution >= 4 is 11.8 Å². The molecule has 1 aromatic rings. The topological polar surface area (TPSA) is 49.8 Å². The Balaban J connectivity index is 2.64. The molecule has 0 unspecified atom stereocenters. The molecule has 1 amide bonds. The lowest BCUT2D eigenvalue weighted by molar-refractivity contribution is 0.126. The highest BCUT2D eigenvalue weighted by atomic mass is 16.6. The first kappa shape index (κ1) is 12.5. The molecule has 0 saturated carbocycles. The highest BCUT2D eigenvalue weighted by Gasteiger charge is 2.11. The zero-order chi connectivity index (χ0) is 12.0. The van der Waals surface area contributed by atoms with E-state index in [2.05, 4.69) is 6.92 Å². The highest BCUT2D eigenvalue weighted by Crippen LogP contribution is 2.14. The second-order valence-corrected chi connectivity index (χ2v) is 3.42. The molecule has 1 aromatic carbocycles. The number of hydrogen-bond donors (Lipinski definition) is 1. The van der Waals surface area contributed by atoms with Gasteiger partial charge in [-0.2, -0.15) is 0 Å². The third-order valence-electron chi connectivity index (χ3n) is 2.32. The zero-order valence-electron chi connectivity index (χ0n) is 9.64. The number of amides is 1. The summed E-state index contributed by atoms with van der Waals surface area (Å²) in [5.74, 6) is 0. The van der Waals surface area contributed by atoms with E-state index in [1.54, 1.807) is 7.05 Å². The molecule has 0 aliphatic rings. The lowest BCUT2D eigenvalue weighted by Crippen LogP contribution is -2.27. The van der Waals surface area contributed by atoms with Gasteiger partial charge >= 0.3 is 6.09 Å². The number of carbonyl (C=O) groups is 1. The third-order valence-corrected chi connectivity index (χ3v) is 2.32. The number of benzene rings is 1. The third kappa shape index (κ3) is 3.24. The number of aliphatic hydroxyl groups excluding tert-OH is 1. The standard InChI is InChI=1S/C12H17NO3/c1-3-10-4-6-11(7-5-10)13(2)12(15)16-9-8-14/h4-7,14H,3,8-9H2,1-2H3. The first-order valence-corrected chi connectivity index (χ1v) is 5.29. The van der Waals surface area contributed by atoms with Gasteiger partial charge in [-0.15, -0.1) is 0 Å². The Morgan fingerprint density at radius 2 is 2.00 bits per heavy atom. The summed E-state index contributed by atoms with van der Waals surface area (Å²) in [6.07, 6.45) is 0.511. The fourth-order valence-electron chi connectivity index (χ4n) is 1.29. The summed E-state index contributed by atoms with van der Waals surface area (Å²) in [7, 11) is 1.64. The van der Waals surface area contributed by atoms with Crippen LogP contribution >= 0.6 is 0 Å². The van der Waals surface area contributed by atoms with Crippen molar-refractivity contribution in [2.75, 3.05) is 25.2 Å². The number of nitrogens with zero attached hydrogens (tertiary/aromatic N) is 1. The maximum Gasteiger partial charge on any atom is 0.414 e. The van der Waals surface area contributed by atoms with E-state index < -0.39 is 6.09 Å². The maximum atomic E-state index is 11.4. The van der Waals surface area contributed by atoms with E-state index in [0.29, 0.717) is 0 Å². The molecule has 16 heavy (non-hydrogen) atoms. The molecule has 1 rings (SSSR count).